The third-order valence-corrected chi connectivity index (χ3v) is 6.39. The normalized spacial score (nSPS) is 19.0. The average Bonchev–Trinajstić information content (AvgIpc) is 2.53. The molecule has 2 atom stereocenters. The number of rotatable bonds is 7. The molecular formula is C10H13ClN5O10S2-. The van der Waals surface area contributed by atoms with Crippen molar-refractivity contribution in [2.24, 2.45) is 10.5 Å². The smallest absolute Gasteiger partial charge is 0.294 e. The summed E-state index contributed by atoms with van der Waals surface area (Å²) in [5.74, 6) is 0. The highest BCUT2D eigenvalue weighted by molar-refractivity contribution is 7.90. The van der Waals surface area contributed by atoms with Crippen molar-refractivity contribution in [1.82, 2.24) is 4.72 Å². The van der Waals surface area contributed by atoms with Gasteiger partial charge in [0.2, 0.25) is 20.0 Å². The predicted octanol–water partition coefficient (Wildman–Crippen LogP) is -0.860. The van der Waals surface area contributed by atoms with Gasteiger partial charge in [-0.1, -0.05) is 11.6 Å². The molecule has 1 aromatic rings. The number of likely N-dealkylation sites (N-methyl/N-ethyl adjacent to an activating group) is 1. The van der Waals surface area contributed by atoms with E-state index in [2.05, 4.69) is 19.7 Å². The molecule has 4 N–H and O–H groups in total. The first-order chi connectivity index (χ1) is 12.4. The molecule has 0 aromatic heterocycles. The van der Waals surface area contributed by atoms with E-state index in [0.29, 0.717) is 0 Å². The van der Waals surface area contributed by atoms with E-state index in [9.17, 15) is 31.9 Å². The second-order valence-electron chi connectivity index (χ2n) is 5.21. The van der Waals surface area contributed by atoms with Gasteiger partial charge in [0.1, 0.15) is 22.6 Å². The number of fused-ring (bicyclic) bond motifs is 1. The van der Waals surface area contributed by atoms with Gasteiger partial charge >= 0.3 is 0 Å². The molecule has 0 fully saturated rings. The molecule has 1 heterocycles. The van der Waals surface area contributed by atoms with Gasteiger partial charge in [0.15, 0.2) is 11.4 Å². The summed E-state index contributed by atoms with van der Waals surface area (Å²) in [6, 6.07) is 1.80. The summed E-state index contributed by atoms with van der Waals surface area (Å²) in [4.78, 5) is 29.5. The van der Waals surface area contributed by atoms with Crippen molar-refractivity contribution in [3.05, 3.63) is 32.2 Å². The van der Waals surface area contributed by atoms with E-state index in [1.807, 2.05) is 0 Å². The van der Waals surface area contributed by atoms with E-state index in [1.165, 1.54) is 11.9 Å². The summed E-state index contributed by atoms with van der Waals surface area (Å²) in [7, 11) is -7.32. The van der Waals surface area contributed by atoms with E-state index in [0.717, 1.165) is 12.1 Å². The average molecular weight is 463 g/mol. The summed E-state index contributed by atoms with van der Waals surface area (Å²) in [6.07, 6.45) is -2.88. The van der Waals surface area contributed by atoms with Gasteiger partial charge in [-0.15, -0.1) is 15.0 Å². The Morgan fingerprint density at radius 3 is 2.61 bits per heavy atom. The van der Waals surface area contributed by atoms with Crippen molar-refractivity contribution >= 4 is 37.3 Å². The van der Waals surface area contributed by atoms with Crippen molar-refractivity contribution in [2.45, 2.75) is 22.1 Å². The summed E-state index contributed by atoms with van der Waals surface area (Å²) in [5, 5.41) is 16.0. The zero-order valence-corrected chi connectivity index (χ0v) is 16.1. The van der Waals surface area contributed by atoms with E-state index >= 15 is 0 Å². The molecular weight excluding hydrogens is 450 g/mol. The Hall–Kier alpha value is -2.31. The molecule has 0 saturated carbocycles. The fraction of sp³-hybridized carbons (Fsp3) is 0.400. The number of benzene rings is 1. The number of anilines is 1. The first-order valence-corrected chi connectivity index (χ1v) is 10.2. The van der Waals surface area contributed by atoms with Gasteiger partial charge in [0.25, 0.3) is 5.09 Å². The Morgan fingerprint density at radius 2 is 2.11 bits per heavy atom. The number of hydrogen-bond acceptors (Lipinski definition) is 12. The van der Waals surface area contributed by atoms with Crippen LogP contribution < -0.4 is 14.8 Å². The molecule has 0 amide bonds. The Labute approximate surface area is 162 Å². The minimum Gasteiger partial charge on any atom is -0.870 e. The fourth-order valence-electron chi connectivity index (χ4n) is 2.38. The van der Waals surface area contributed by atoms with Gasteiger partial charge in [-0.2, -0.15) is 4.72 Å². The third kappa shape index (κ3) is 4.75. The lowest BCUT2D eigenvalue weighted by Crippen LogP contribution is -2.58. The summed E-state index contributed by atoms with van der Waals surface area (Å²) in [6.45, 7) is -0.825. The molecule has 0 spiro atoms. The Balaban J connectivity index is 0.00000392. The van der Waals surface area contributed by atoms with Crippen molar-refractivity contribution < 1.29 is 37.1 Å². The van der Waals surface area contributed by atoms with E-state index in [-0.39, 0.29) is 16.2 Å². The zero-order valence-electron chi connectivity index (χ0n) is 13.8. The van der Waals surface area contributed by atoms with Crippen LogP contribution in [-0.2, 0) is 29.7 Å². The number of primary sulfonamides is 1. The lowest BCUT2D eigenvalue weighted by atomic mass is 10.2. The minimum atomic E-state index is -4.35. The fourth-order valence-corrected chi connectivity index (χ4v) is 5.05. The lowest BCUT2D eigenvalue weighted by Gasteiger charge is -2.38. The molecule has 158 valence electrons. The molecule has 0 saturated heterocycles. The monoisotopic (exact) mass is 462 g/mol. The molecule has 2 rings (SSSR count). The third-order valence-electron chi connectivity index (χ3n) is 3.56. The predicted molar refractivity (Wildman–Crippen MR) is 90.9 cm³/mol. The van der Waals surface area contributed by atoms with Gasteiger partial charge in [-0.25, -0.2) is 22.0 Å². The number of halogens is 1. The highest BCUT2D eigenvalue weighted by Gasteiger charge is 2.41. The standard InChI is InChI=1S/C10H12ClN5O9S2.H2O/c1-15-6-2-5(11)8(26(12,20)21)3-9(6)27(22,23)13-10(15)7(25-14-17)4-24-16(18)19;/h2-3,7,10,13H,4H2,1H3,(H2,12,20,21);1H2/p-1/t7-,10?;/m0./s1. The first-order valence-electron chi connectivity index (χ1n) is 6.75. The van der Waals surface area contributed by atoms with Gasteiger partial charge in [-0.05, 0) is 12.1 Å². The molecule has 1 unspecified atom stereocenters. The van der Waals surface area contributed by atoms with Crippen LogP contribution in [0.15, 0.2) is 27.3 Å². The van der Waals surface area contributed by atoms with Gasteiger partial charge in [0.05, 0.1) is 10.7 Å². The zero-order chi connectivity index (χ0) is 20.6. The summed E-state index contributed by atoms with van der Waals surface area (Å²) < 4.78 is 50.2. The van der Waals surface area contributed by atoms with Crippen molar-refractivity contribution in [2.75, 3.05) is 18.6 Å². The lowest BCUT2D eigenvalue weighted by molar-refractivity contribution is -0.759. The van der Waals surface area contributed by atoms with E-state index in [1.54, 1.807) is 0 Å². The molecule has 1 aliphatic heterocycles. The van der Waals surface area contributed by atoms with Crippen LogP contribution in [0.3, 0.4) is 0 Å². The summed E-state index contributed by atoms with van der Waals surface area (Å²) in [5.41, 5.74) is -0.0725. The van der Waals surface area contributed by atoms with Gasteiger partial charge < -0.3 is 20.1 Å². The Bertz CT molecular complexity index is 985. The van der Waals surface area contributed by atoms with Crippen LogP contribution in [0.2, 0.25) is 5.02 Å². The van der Waals surface area contributed by atoms with Crippen LogP contribution in [0.5, 0.6) is 0 Å². The molecule has 28 heavy (non-hydrogen) atoms. The van der Waals surface area contributed by atoms with Crippen molar-refractivity contribution in [3.8, 4) is 0 Å². The van der Waals surface area contributed by atoms with Crippen LogP contribution in [0, 0.1) is 15.0 Å². The number of sulfonamides is 2. The molecule has 1 aliphatic rings. The topological polar surface area (TPSA) is 231 Å². The van der Waals surface area contributed by atoms with Gasteiger partial charge in [-0.3, -0.25) is 0 Å². The second-order valence-corrected chi connectivity index (χ2v) is 8.83. The van der Waals surface area contributed by atoms with E-state index in [4.69, 9.17) is 16.7 Å². The molecule has 15 nitrogen and oxygen atoms in total. The molecule has 0 bridgehead atoms. The van der Waals surface area contributed by atoms with Crippen LogP contribution in [0.4, 0.5) is 5.69 Å². The van der Waals surface area contributed by atoms with Crippen molar-refractivity contribution in [1.29, 1.82) is 0 Å². The van der Waals surface area contributed by atoms with Gasteiger partial charge in [0, 0.05) is 7.05 Å². The van der Waals surface area contributed by atoms with Crippen LogP contribution in [-0.4, -0.2) is 53.3 Å². The van der Waals surface area contributed by atoms with Crippen LogP contribution >= 0.6 is 11.6 Å². The number of nitrogens with one attached hydrogen (secondary N) is 1. The SMILES string of the molecule is CN1c2cc(Cl)c(S(N)(=O)=O)cc2S(=O)(=O)NC1[C@H](CO[N+](=O)[O-])ON=O.[OH-]. The largest absolute Gasteiger partial charge is 0.870 e. The van der Waals surface area contributed by atoms with Crippen molar-refractivity contribution in [3.63, 3.8) is 0 Å². The summed E-state index contributed by atoms with van der Waals surface area (Å²) >= 11 is 5.88. The Morgan fingerprint density at radius 1 is 1.50 bits per heavy atom. The highest BCUT2D eigenvalue weighted by Crippen LogP contribution is 2.37. The van der Waals surface area contributed by atoms with Crippen LogP contribution in [0.25, 0.3) is 0 Å². The molecule has 0 aliphatic carbocycles. The number of nitrogens with zero attached hydrogens (tertiary/aromatic N) is 3. The Kier molecular flexibility index (Phi) is 7.09. The number of nitrogens with two attached hydrogens (primary N) is 1. The number of hydrogen-bond donors (Lipinski definition) is 2. The van der Waals surface area contributed by atoms with Crippen LogP contribution in [0.1, 0.15) is 0 Å². The minimum absolute atomic E-state index is 0. The molecule has 18 heteroatoms. The molecule has 0 radical (unpaired) electrons. The highest BCUT2D eigenvalue weighted by atomic mass is 35.5. The molecule has 1 aromatic carbocycles. The van der Waals surface area contributed by atoms with E-state index < -0.39 is 53.8 Å². The first kappa shape index (κ1) is 23.7. The maximum Gasteiger partial charge on any atom is 0.294 e. The second kappa shape index (κ2) is 8.37. The maximum absolute atomic E-state index is 12.5. The quantitative estimate of drug-likeness (QED) is 0.287. The maximum atomic E-state index is 12.5.